The summed E-state index contributed by atoms with van der Waals surface area (Å²) < 4.78 is 5.40. The Morgan fingerprint density at radius 3 is 2.35 bits per heavy atom. The molecular weight excluding hydrogens is 276 g/mol. The van der Waals surface area contributed by atoms with Crippen molar-refractivity contribution in [1.82, 2.24) is 0 Å². The van der Waals surface area contributed by atoms with Crippen LogP contribution in [0.1, 0.15) is 42.9 Å². The summed E-state index contributed by atoms with van der Waals surface area (Å²) in [7, 11) is 1.63. The van der Waals surface area contributed by atoms with Gasteiger partial charge >= 0.3 is 0 Å². The van der Waals surface area contributed by atoms with Gasteiger partial charge in [-0.2, -0.15) is 0 Å². The van der Waals surface area contributed by atoms with E-state index >= 15 is 0 Å². The van der Waals surface area contributed by atoms with E-state index in [0.717, 1.165) is 33.9 Å². The first kappa shape index (κ1) is 17.3. The van der Waals surface area contributed by atoms with Gasteiger partial charge in [-0.1, -0.05) is 24.9 Å². The first-order valence-corrected chi connectivity index (χ1v) is 7.48. The molecule has 0 amide bonds. The highest BCUT2D eigenvalue weighted by Crippen LogP contribution is 2.32. The van der Waals surface area contributed by atoms with Gasteiger partial charge in [0, 0.05) is 5.02 Å². The van der Waals surface area contributed by atoms with Crippen LogP contribution in [0.2, 0.25) is 5.02 Å². The summed E-state index contributed by atoms with van der Waals surface area (Å²) in [5, 5.41) is 20.5. The summed E-state index contributed by atoms with van der Waals surface area (Å²) in [6.07, 6.45) is 1.24. The van der Waals surface area contributed by atoms with Crippen LogP contribution in [0.15, 0.2) is 6.07 Å². The minimum Gasteiger partial charge on any atom is -0.496 e. The predicted octanol–water partition coefficient (Wildman–Crippen LogP) is 3.42. The molecule has 2 unspecified atom stereocenters. The molecule has 114 valence electrons. The monoisotopic (exact) mass is 300 g/mol. The zero-order valence-electron chi connectivity index (χ0n) is 12.7. The van der Waals surface area contributed by atoms with Gasteiger partial charge < -0.3 is 14.9 Å². The molecule has 0 spiro atoms. The minimum atomic E-state index is -0.709. The number of methoxy groups -OCH3 is 1. The third-order valence-electron chi connectivity index (χ3n) is 3.71. The predicted molar refractivity (Wildman–Crippen MR) is 82.7 cm³/mol. The minimum absolute atomic E-state index is 0.498. The normalized spacial score (nSPS) is 14.2. The average molecular weight is 301 g/mol. The standard InChI is InChI=1S/C16H25ClO3/c1-5-6-13(18)14(19)8-7-12-11(3)16(17)10(2)9-15(12)20-4/h9,13-14,18-19H,5-8H2,1-4H3. The van der Waals surface area contributed by atoms with Gasteiger partial charge in [-0.3, -0.25) is 0 Å². The van der Waals surface area contributed by atoms with Crippen LogP contribution in [0, 0.1) is 13.8 Å². The summed E-state index contributed by atoms with van der Waals surface area (Å²) in [6, 6.07) is 1.92. The van der Waals surface area contributed by atoms with Crippen LogP contribution < -0.4 is 4.74 Å². The zero-order valence-corrected chi connectivity index (χ0v) is 13.5. The summed E-state index contributed by atoms with van der Waals surface area (Å²) in [5.41, 5.74) is 2.97. The van der Waals surface area contributed by atoms with E-state index < -0.39 is 12.2 Å². The van der Waals surface area contributed by atoms with Crippen LogP contribution in [0.4, 0.5) is 0 Å². The van der Waals surface area contributed by atoms with Gasteiger partial charge in [0.2, 0.25) is 0 Å². The molecule has 2 atom stereocenters. The quantitative estimate of drug-likeness (QED) is 0.811. The molecule has 0 aliphatic heterocycles. The first-order valence-electron chi connectivity index (χ1n) is 7.11. The van der Waals surface area contributed by atoms with Crippen molar-refractivity contribution < 1.29 is 14.9 Å². The number of halogens is 1. The molecule has 2 N–H and O–H groups in total. The molecule has 4 heteroatoms. The highest BCUT2D eigenvalue weighted by Gasteiger charge is 2.18. The van der Waals surface area contributed by atoms with Crippen molar-refractivity contribution in [3.05, 3.63) is 27.8 Å². The van der Waals surface area contributed by atoms with Gasteiger partial charge in [-0.05, 0) is 55.9 Å². The number of rotatable bonds is 7. The van der Waals surface area contributed by atoms with Gasteiger partial charge in [0.25, 0.3) is 0 Å². The second kappa shape index (κ2) is 7.87. The lowest BCUT2D eigenvalue weighted by Crippen LogP contribution is -2.26. The van der Waals surface area contributed by atoms with Gasteiger partial charge in [-0.25, -0.2) is 0 Å². The maximum absolute atomic E-state index is 9.96. The summed E-state index contributed by atoms with van der Waals surface area (Å²) in [4.78, 5) is 0. The molecule has 0 aromatic heterocycles. The van der Waals surface area contributed by atoms with Crippen LogP contribution in [0.25, 0.3) is 0 Å². The van der Waals surface area contributed by atoms with E-state index in [9.17, 15) is 10.2 Å². The van der Waals surface area contributed by atoms with Crippen molar-refractivity contribution in [3.8, 4) is 5.75 Å². The lowest BCUT2D eigenvalue weighted by Gasteiger charge is -2.19. The Labute approximate surface area is 126 Å². The third kappa shape index (κ3) is 4.11. The lowest BCUT2D eigenvalue weighted by atomic mass is 9.96. The number of benzene rings is 1. The fourth-order valence-electron chi connectivity index (χ4n) is 2.43. The maximum atomic E-state index is 9.96. The molecule has 0 saturated carbocycles. The fraction of sp³-hybridized carbons (Fsp3) is 0.625. The number of ether oxygens (including phenoxy) is 1. The SMILES string of the molecule is CCCC(O)C(O)CCc1c(OC)cc(C)c(Cl)c1C. The number of aliphatic hydroxyl groups excluding tert-OH is 2. The first-order chi connectivity index (χ1) is 9.42. The van der Waals surface area contributed by atoms with Crippen molar-refractivity contribution in [1.29, 1.82) is 0 Å². The van der Waals surface area contributed by atoms with Crippen molar-refractivity contribution in [3.63, 3.8) is 0 Å². The number of aliphatic hydroxyl groups is 2. The molecule has 1 aromatic carbocycles. The molecule has 3 nitrogen and oxygen atoms in total. The Balaban J connectivity index is 2.84. The van der Waals surface area contributed by atoms with E-state index in [2.05, 4.69) is 0 Å². The molecule has 20 heavy (non-hydrogen) atoms. The molecule has 1 rings (SSSR count). The Morgan fingerprint density at radius 1 is 1.20 bits per heavy atom. The second-order valence-electron chi connectivity index (χ2n) is 5.28. The number of hydrogen-bond acceptors (Lipinski definition) is 3. The van der Waals surface area contributed by atoms with Crippen molar-refractivity contribution in [2.75, 3.05) is 7.11 Å². The molecule has 0 heterocycles. The Kier molecular flexibility index (Phi) is 6.80. The molecular formula is C16H25ClO3. The topological polar surface area (TPSA) is 49.7 Å². The molecule has 0 aliphatic rings. The van der Waals surface area contributed by atoms with Crippen molar-refractivity contribution in [2.24, 2.45) is 0 Å². The molecule has 0 radical (unpaired) electrons. The Bertz CT molecular complexity index is 446. The van der Waals surface area contributed by atoms with Crippen LogP contribution in [0.5, 0.6) is 5.75 Å². The number of aryl methyl sites for hydroxylation is 1. The zero-order chi connectivity index (χ0) is 15.3. The molecule has 0 bridgehead atoms. The van der Waals surface area contributed by atoms with E-state index in [1.807, 2.05) is 26.8 Å². The van der Waals surface area contributed by atoms with Gasteiger partial charge in [0.05, 0.1) is 19.3 Å². The smallest absolute Gasteiger partial charge is 0.122 e. The highest BCUT2D eigenvalue weighted by molar-refractivity contribution is 6.32. The molecule has 0 fully saturated rings. The number of hydrogen-bond donors (Lipinski definition) is 2. The van der Waals surface area contributed by atoms with Crippen LogP contribution >= 0.6 is 11.6 Å². The largest absolute Gasteiger partial charge is 0.496 e. The second-order valence-corrected chi connectivity index (χ2v) is 5.65. The summed E-state index contributed by atoms with van der Waals surface area (Å²) in [6.45, 7) is 5.90. The van der Waals surface area contributed by atoms with E-state index in [-0.39, 0.29) is 0 Å². The van der Waals surface area contributed by atoms with Crippen LogP contribution in [-0.2, 0) is 6.42 Å². The van der Waals surface area contributed by atoms with Crippen molar-refractivity contribution in [2.45, 2.75) is 58.7 Å². The highest BCUT2D eigenvalue weighted by atomic mass is 35.5. The van der Waals surface area contributed by atoms with Gasteiger partial charge in [0.1, 0.15) is 5.75 Å². The van der Waals surface area contributed by atoms with Crippen molar-refractivity contribution >= 4 is 11.6 Å². The van der Waals surface area contributed by atoms with Crippen LogP contribution in [0.3, 0.4) is 0 Å². The Morgan fingerprint density at radius 2 is 1.80 bits per heavy atom. The van der Waals surface area contributed by atoms with E-state index in [0.29, 0.717) is 19.3 Å². The van der Waals surface area contributed by atoms with Gasteiger partial charge in [-0.15, -0.1) is 0 Å². The van der Waals surface area contributed by atoms with Crippen LogP contribution in [-0.4, -0.2) is 29.5 Å². The van der Waals surface area contributed by atoms with E-state index in [1.165, 1.54) is 0 Å². The Hall–Kier alpha value is -0.770. The van der Waals surface area contributed by atoms with E-state index in [1.54, 1.807) is 7.11 Å². The third-order valence-corrected chi connectivity index (χ3v) is 4.29. The maximum Gasteiger partial charge on any atom is 0.122 e. The summed E-state index contributed by atoms with van der Waals surface area (Å²) >= 11 is 6.27. The summed E-state index contributed by atoms with van der Waals surface area (Å²) in [5.74, 6) is 0.793. The lowest BCUT2D eigenvalue weighted by molar-refractivity contribution is 0.00972. The van der Waals surface area contributed by atoms with Gasteiger partial charge in [0.15, 0.2) is 0 Å². The van der Waals surface area contributed by atoms with E-state index in [4.69, 9.17) is 16.3 Å². The molecule has 0 saturated heterocycles. The fourth-order valence-corrected chi connectivity index (χ4v) is 2.59. The molecule has 0 aliphatic carbocycles. The average Bonchev–Trinajstić information content (AvgIpc) is 2.43. The molecule has 1 aromatic rings.